The van der Waals surface area contributed by atoms with E-state index in [1.807, 2.05) is 12.1 Å². The van der Waals surface area contributed by atoms with Crippen molar-refractivity contribution in [3.8, 4) is 0 Å². The molecule has 0 unspecified atom stereocenters. The molecule has 2 aliphatic heterocycles. The highest BCUT2D eigenvalue weighted by Crippen LogP contribution is 2.18. The molecule has 2 aliphatic rings. The maximum absolute atomic E-state index is 11.9. The summed E-state index contributed by atoms with van der Waals surface area (Å²) in [4.78, 5) is 31.6. The first kappa shape index (κ1) is 15.1. The monoisotopic (exact) mass is 320 g/mol. The standard InChI is InChI=1S/C15H20N4O2S/c20-14(11-19-7-8-22-15(19)21)17-10-12-3-4-16-13(9-12)18-5-1-2-6-18/h3-4,9H,1-2,5-8,10-11H2,(H,17,20). The van der Waals surface area contributed by atoms with Crippen molar-refractivity contribution < 1.29 is 9.59 Å². The van der Waals surface area contributed by atoms with Crippen LogP contribution in [-0.4, -0.2) is 53.0 Å². The predicted octanol–water partition coefficient (Wildman–Crippen LogP) is 1.47. The number of anilines is 1. The Morgan fingerprint density at radius 1 is 1.32 bits per heavy atom. The van der Waals surface area contributed by atoms with Gasteiger partial charge >= 0.3 is 0 Å². The lowest BCUT2D eigenvalue weighted by molar-refractivity contribution is -0.121. The molecule has 0 spiro atoms. The topological polar surface area (TPSA) is 65.5 Å². The van der Waals surface area contributed by atoms with Crippen LogP contribution in [0.5, 0.6) is 0 Å². The maximum atomic E-state index is 11.9. The number of pyridine rings is 1. The average molecular weight is 320 g/mol. The molecule has 6 nitrogen and oxygen atoms in total. The quantitative estimate of drug-likeness (QED) is 0.890. The van der Waals surface area contributed by atoms with Gasteiger partial charge in [0.1, 0.15) is 12.4 Å². The molecule has 0 saturated carbocycles. The Morgan fingerprint density at radius 3 is 2.86 bits per heavy atom. The van der Waals surface area contributed by atoms with Gasteiger partial charge in [0.2, 0.25) is 5.91 Å². The van der Waals surface area contributed by atoms with Gasteiger partial charge in [-0.15, -0.1) is 0 Å². The van der Waals surface area contributed by atoms with Crippen LogP contribution in [0.3, 0.4) is 0 Å². The molecular formula is C15H20N4O2S. The third-order valence-corrected chi connectivity index (χ3v) is 4.80. The second kappa shape index (κ2) is 7.00. The Hall–Kier alpha value is -1.76. The van der Waals surface area contributed by atoms with Crippen molar-refractivity contribution in [2.75, 3.05) is 36.8 Å². The second-order valence-electron chi connectivity index (χ2n) is 5.53. The zero-order valence-corrected chi connectivity index (χ0v) is 13.3. The van der Waals surface area contributed by atoms with Crippen LogP contribution in [0.25, 0.3) is 0 Å². The fourth-order valence-electron chi connectivity index (χ4n) is 2.69. The number of rotatable bonds is 5. The number of aromatic nitrogens is 1. The molecule has 1 aromatic heterocycles. The van der Waals surface area contributed by atoms with E-state index in [0.717, 1.165) is 30.2 Å². The zero-order valence-electron chi connectivity index (χ0n) is 12.5. The zero-order chi connectivity index (χ0) is 15.4. The maximum Gasteiger partial charge on any atom is 0.282 e. The van der Waals surface area contributed by atoms with Crippen LogP contribution in [0.15, 0.2) is 18.3 Å². The lowest BCUT2D eigenvalue weighted by atomic mass is 10.2. The van der Waals surface area contributed by atoms with Crippen molar-refractivity contribution in [3.05, 3.63) is 23.9 Å². The van der Waals surface area contributed by atoms with Gasteiger partial charge in [0.15, 0.2) is 0 Å². The van der Waals surface area contributed by atoms with E-state index in [1.165, 1.54) is 24.6 Å². The molecule has 0 atom stereocenters. The number of amides is 2. The van der Waals surface area contributed by atoms with Crippen LogP contribution in [0.1, 0.15) is 18.4 Å². The van der Waals surface area contributed by atoms with Gasteiger partial charge in [-0.1, -0.05) is 11.8 Å². The van der Waals surface area contributed by atoms with Crippen LogP contribution in [0.4, 0.5) is 10.6 Å². The van der Waals surface area contributed by atoms with E-state index in [-0.39, 0.29) is 17.7 Å². The Balaban J connectivity index is 1.51. The van der Waals surface area contributed by atoms with Gasteiger partial charge in [-0.05, 0) is 30.5 Å². The van der Waals surface area contributed by atoms with Gasteiger partial charge in [-0.2, -0.15) is 0 Å². The Kier molecular flexibility index (Phi) is 4.82. The summed E-state index contributed by atoms with van der Waals surface area (Å²) in [6.07, 6.45) is 4.21. The molecule has 3 rings (SSSR count). The van der Waals surface area contributed by atoms with E-state index < -0.39 is 0 Å². The second-order valence-corrected chi connectivity index (χ2v) is 6.58. The van der Waals surface area contributed by atoms with Crippen molar-refractivity contribution in [2.45, 2.75) is 19.4 Å². The summed E-state index contributed by atoms with van der Waals surface area (Å²) in [6, 6.07) is 3.94. The summed E-state index contributed by atoms with van der Waals surface area (Å²) >= 11 is 1.27. The largest absolute Gasteiger partial charge is 0.357 e. The molecule has 0 bridgehead atoms. The van der Waals surface area contributed by atoms with E-state index in [9.17, 15) is 9.59 Å². The number of nitrogens with zero attached hydrogens (tertiary/aromatic N) is 3. The summed E-state index contributed by atoms with van der Waals surface area (Å²) in [7, 11) is 0. The number of hydrogen-bond acceptors (Lipinski definition) is 5. The number of carbonyl (C=O) groups is 2. The third-order valence-electron chi connectivity index (χ3n) is 3.91. The summed E-state index contributed by atoms with van der Waals surface area (Å²) in [5.74, 6) is 1.64. The van der Waals surface area contributed by atoms with Gasteiger partial charge in [0.05, 0.1) is 0 Å². The van der Waals surface area contributed by atoms with E-state index in [4.69, 9.17) is 0 Å². The minimum Gasteiger partial charge on any atom is -0.357 e. The van der Waals surface area contributed by atoms with Crippen LogP contribution in [0.2, 0.25) is 0 Å². The molecule has 2 amide bonds. The van der Waals surface area contributed by atoms with Crippen LogP contribution in [0, 0.1) is 0 Å². The molecule has 118 valence electrons. The van der Waals surface area contributed by atoms with Gasteiger partial charge in [-0.25, -0.2) is 4.98 Å². The molecule has 1 N–H and O–H groups in total. The van der Waals surface area contributed by atoms with Crippen LogP contribution in [-0.2, 0) is 11.3 Å². The van der Waals surface area contributed by atoms with Crippen molar-refractivity contribution in [2.24, 2.45) is 0 Å². The van der Waals surface area contributed by atoms with Crippen LogP contribution >= 0.6 is 11.8 Å². The normalized spacial score (nSPS) is 18.1. The minimum absolute atomic E-state index is 0.00428. The van der Waals surface area contributed by atoms with E-state index >= 15 is 0 Å². The molecule has 1 aromatic rings. The van der Waals surface area contributed by atoms with Crippen molar-refractivity contribution in [1.29, 1.82) is 0 Å². The molecule has 0 radical (unpaired) electrons. The first-order valence-electron chi connectivity index (χ1n) is 7.60. The number of nitrogens with one attached hydrogen (secondary N) is 1. The van der Waals surface area contributed by atoms with Gasteiger partial charge in [-0.3, -0.25) is 9.59 Å². The summed E-state index contributed by atoms with van der Waals surface area (Å²) in [5.41, 5.74) is 1.03. The van der Waals surface area contributed by atoms with Gasteiger partial charge in [0.25, 0.3) is 5.24 Å². The first-order valence-corrected chi connectivity index (χ1v) is 8.59. The molecule has 0 aromatic carbocycles. The summed E-state index contributed by atoms with van der Waals surface area (Å²) < 4.78 is 0. The highest BCUT2D eigenvalue weighted by atomic mass is 32.2. The fraction of sp³-hybridized carbons (Fsp3) is 0.533. The van der Waals surface area contributed by atoms with Crippen LogP contribution < -0.4 is 10.2 Å². The summed E-state index contributed by atoms with van der Waals surface area (Å²) in [5, 5.41) is 2.87. The van der Waals surface area contributed by atoms with E-state index in [0.29, 0.717) is 13.1 Å². The number of thioether (sulfide) groups is 1. The predicted molar refractivity (Wildman–Crippen MR) is 87.0 cm³/mol. The first-order chi connectivity index (χ1) is 10.7. The Labute approximate surface area is 134 Å². The fourth-order valence-corrected chi connectivity index (χ4v) is 3.51. The number of hydrogen-bond donors (Lipinski definition) is 1. The minimum atomic E-state index is -0.115. The van der Waals surface area contributed by atoms with Crippen molar-refractivity contribution >= 4 is 28.7 Å². The van der Waals surface area contributed by atoms with Crippen molar-refractivity contribution in [3.63, 3.8) is 0 Å². The number of carbonyl (C=O) groups excluding carboxylic acids is 2. The van der Waals surface area contributed by atoms with Crippen molar-refractivity contribution in [1.82, 2.24) is 15.2 Å². The molecular weight excluding hydrogens is 300 g/mol. The van der Waals surface area contributed by atoms with Gasteiger partial charge in [0, 0.05) is 38.1 Å². The molecule has 2 saturated heterocycles. The smallest absolute Gasteiger partial charge is 0.282 e. The summed E-state index contributed by atoms with van der Waals surface area (Å²) in [6.45, 7) is 3.38. The van der Waals surface area contributed by atoms with E-state index in [1.54, 1.807) is 11.1 Å². The molecule has 7 heteroatoms. The molecule has 22 heavy (non-hydrogen) atoms. The molecule has 0 aliphatic carbocycles. The Morgan fingerprint density at radius 2 is 2.14 bits per heavy atom. The molecule has 3 heterocycles. The lowest BCUT2D eigenvalue weighted by Gasteiger charge is -2.17. The third kappa shape index (κ3) is 3.71. The highest BCUT2D eigenvalue weighted by molar-refractivity contribution is 8.13. The van der Waals surface area contributed by atoms with Gasteiger partial charge < -0.3 is 15.1 Å². The molecule has 2 fully saturated rings. The lowest BCUT2D eigenvalue weighted by Crippen LogP contribution is -2.37. The highest BCUT2D eigenvalue weighted by Gasteiger charge is 2.23. The van der Waals surface area contributed by atoms with E-state index in [2.05, 4.69) is 15.2 Å². The Bertz CT molecular complexity index is 560. The SMILES string of the molecule is O=C(CN1CCSC1=O)NCc1ccnc(N2CCCC2)c1. The average Bonchev–Trinajstić information content (AvgIpc) is 3.18.